The number of carbonyl (C=O) groups is 1. The number of nitrogens with one attached hydrogen (secondary N) is 1. The van der Waals surface area contributed by atoms with Gasteiger partial charge in [0.05, 0.1) is 12.4 Å². The molecular formula is C14H22N2O4. The van der Waals surface area contributed by atoms with E-state index in [2.05, 4.69) is 9.97 Å². The largest absolute Gasteiger partial charge is 0.382 e. The molecule has 1 fully saturated rings. The fourth-order valence-electron chi connectivity index (χ4n) is 2.89. The summed E-state index contributed by atoms with van der Waals surface area (Å²) in [6, 6.07) is 0. The van der Waals surface area contributed by atoms with Gasteiger partial charge in [0.25, 0.3) is 0 Å². The third-order valence-corrected chi connectivity index (χ3v) is 3.82. The van der Waals surface area contributed by atoms with Crippen LogP contribution in [-0.2, 0) is 9.53 Å². The van der Waals surface area contributed by atoms with Crippen molar-refractivity contribution in [2.75, 3.05) is 0 Å². The zero-order chi connectivity index (χ0) is 15.1. The molecule has 112 valence electrons. The summed E-state index contributed by atoms with van der Waals surface area (Å²) in [5.41, 5.74) is -0.904. The predicted molar refractivity (Wildman–Crippen MR) is 71.9 cm³/mol. The van der Waals surface area contributed by atoms with Crippen LogP contribution in [0.2, 0.25) is 0 Å². The lowest BCUT2D eigenvalue weighted by Crippen LogP contribution is -2.55. The van der Waals surface area contributed by atoms with Gasteiger partial charge in [-0.1, -0.05) is 20.8 Å². The van der Waals surface area contributed by atoms with E-state index >= 15 is 0 Å². The average molecular weight is 282 g/mol. The molecule has 0 bridgehead atoms. The lowest BCUT2D eigenvalue weighted by molar-refractivity contribution is -0.215. The molecule has 6 nitrogen and oxygen atoms in total. The molecule has 3 N–H and O–H groups in total. The minimum Gasteiger partial charge on any atom is -0.382 e. The van der Waals surface area contributed by atoms with Gasteiger partial charge in [-0.05, 0) is 12.3 Å². The Morgan fingerprint density at radius 1 is 1.55 bits per heavy atom. The summed E-state index contributed by atoms with van der Waals surface area (Å²) < 4.78 is 5.44. The van der Waals surface area contributed by atoms with Crippen molar-refractivity contribution in [1.29, 1.82) is 0 Å². The molecule has 2 heterocycles. The number of aliphatic hydroxyl groups is 2. The molecule has 0 amide bonds. The minimum atomic E-state index is -1.59. The summed E-state index contributed by atoms with van der Waals surface area (Å²) in [6.07, 6.45) is 1.37. The Bertz CT molecular complexity index is 476. The maximum absolute atomic E-state index is 11.7. The highest BCUT2D eigenvalue weighted by molar-refractivity contribution is 5.90. The molecule has 1 aliphatic rings. The highest BCUT2D eigenvalue weighted by Crippen LogP contribution is 2.42. The second-order valence-corrected chi connectivity index (χ2v) is 6.72. The lowest BCUT2D eigenvalue weighted by Gasteiger charge is -2.43. The number of aliphatic hydroxyl groups excluding tert-OH is 1. The summed E-state index contributed by atoms with van der Waals surface area (Å²) in [4.78, 5) is 18.8. The quantitative estimate of drug-likeness (QED) is 0.751. The Hall–Kier alpha value is -1.24. The van der Waals surface area contributed by atoms with E-state index in [1.807, 2.05) is 20.8 Å². The number of hydrogen-bond acceptors (Lipinski definition) is 5. The molecule has 2 rings (SSSR count). The van der Waals surface area contributed by atoms with E-state index in [-0.39, 0.29) is 17.8 Å². The average Bonchev–Trinajstić information content (AvgIpc) is 2.77. The predicted octanol–water partition coefficient (Wildman–Crippen LogP) is 0.967. The first-order valence-corrected chi connectivity index (χ1v) is 6.71. The van der Waals surface area contributed by atoms with E-state index in [9.17, 15) is 15.0 Å². The van der Waals surface area contributed by atoms with Gasteiger partial charge in [0, 0.05) is 24.2 Å². The Labute approximate surface area is 118 Å². The summed E-state index contributed by atoms with van der Waals surface area (Å²) in [6.45, 7) is 7.54. The second kappa shape index (κ2) is 4.95. The number of aromatic nitrogens is 2. The van der Waals surface area contributed by atoms with Gasteiger partial charge in [0.1, 0.15) is 5.60 Å². The van der Waals surface area contributed by atoms with Crippen molar-refractivity contribution in [3.05, 3.63) is 18.2 Å². The molecule has 4 atom stereocenters. The number of rotatable bonds is 2. The van der Waals surface area contributed by atoms with Crippen LogP contribution in [0.1, 0.15) is 45.7 Å². The van der Waals surface area contributed by atoms with Crippen LogP contribution >= 0.6 is 0 Å². The first-order valence-electron chi connectivity index (χ1n) is 6.71. The first-order chi connectivity index (χ1) is 9.13. The van der Waals surface area contributed by atoms with Crippen molar-refractivity contribution < 1.29 is 19.7 Å². The monoisotopic (exact) mass is 282 g/mol. The van der Waals surface area contributed by atoms with E-state index in [4.69, 9.17) is 4.74 Å². The standard InChI is InChI=1S/C14H22N2O4/c1-13(2,3)10(8-6-15-7-16-8)9-5-14(4,19)11(17)12(18)20-9/h6-7,9-10,12,18-19H,5H2,1-4H3,(H,15,16)/t9?,10?,12-,14+/m0/s1. The Morgan fingerprint density at radius 3 is 2.65 bits per heavy atom. The molecule has 1 saturated heterocycles. The molecule has 0 aliphatic carbocycles. The topological polar surface area (TPSA) is 95.4 Å². The van der Waals surface area contributed by atoms with Gasteiger partial charge in [0.2, 0.25) is 12.1 Å². The molecular weight excluding hydrogens is 260 g/mol. The van der Waals surface area contributed by atoms with E-state index in [1.54, 1.807) is 12.5 Å². The molecule has 0 radical (unpaired) electrons. The number of hydrogen-bond donors (Lipinski definition) is 3. The van der Waals surface area contributed by atoms with E-state index < -0.39 is 23.8 Å². The van der Waals surface area contributed by atoms with E-state index in [0.29, 0.717) is 0 Å². The molecule has 1 aromatic rings. The van der Waals surface area contributed by atoms with Gasteiger partial charge in [-0.3, -0.25) is 4.79 Å². The van der Waals surface area contributed by atoms with Gasteiger partial charge >= 0.3 is 0 Å². The van der Waals surface area contributed by atoms with Gasteiger partial charge in [0.15, 0.2) is 0 Å². The Balaban J connectivity index is 2.34. The van der Waals surface area contributed by atoms with Crippen LogP contribution in [0, 0.1) is 5.41 Å². The van der Waals surface area contributed by atoms with Crippen LogP contribution < -0.4 is 0 Å². The van der Waals surface area contributed by atoms with Crippen LogP contribution in [0.15, 0.2) is 12.5 Å². The molecule has 0 aromatic carbocycles. The smallest absolute Gasteiger partial charge is 0.219 e. The highest BCUT2D eigenvalue weighted by Gasteiger charge is 2.49. The number of ether oxygens (including phenoxy) is 1. The summed E-state index contributed by atoms with van der Waals surface area (Å²) in [5, 5.41) is 19.9. The first kappa shape index (κ1) is 15.2. The fourth-order valence-corrected chi connectivity index (χ4v) is 2.89. The zero-order valence-electron chi connectivity index (χ0n) is 12.3. The highest BCUT2D eigenvalue weighted by atomic mass is 16.6. The van der Waals surface area contributed by atoms with E-state index in [0.717, 1.165) is 5.69 Å². The normalized spacial score (nSPS) is 33.2. The molecule has 20 heavy (non-hydrogen) atoms. The zero-order valence-corrected chi connectivity index (χ0v) is 12.3. The number of carbonyl (C=O) groups excluding carboxylic acids is 1. The number of imidazole rings is 1. The van der Waals surface area contributed by atoms with Crippen molar-refractivity contribution in [3.63, 3.8) is 0 Å². The minimum absolute atomic E-state index is 0.126. The second-order valence-electron chi connectivity index (χ2n) is 6.72. The molecule has 0 saturated carbocycles. The molecule has 6 heteroatoms. The van der Waals surface area contributed by atoms with Gasteiger partial charge in [-0.25, -0.2) is 4.98 Å². The third-order valence-electron chi connectivity index (χ3n) is 3.82. The summed E-state index contributed by atoms with van der Waals surface area (Å²) in [5.74, 6) is -0.815. The molecule has 0 spiro atoms. The molecule has 1 aliphatic heterocycles. The van der Waals surface area contributed by atoms with Gasteiger partial charge in [-0.15, -0.1) is 0 Å². The number of nitrogens with zero attached hydrogens (tertiary/aromatic N) is 1. The van der Waals surface area contributed by atoms with Crippen LogP contribution in [-0.4, -0.2) is 44.0 Å². The van der Waals surface area contributed by atoms with Crippen molar-refractivity contribution >= 4 is 5.78 Å². The van der Waals surface area contributed by atoms with Crippen molar-refractivity contribution in [2.45, 2.75) is 58.0 Å². The fraction of sp³-hybridized carbons (Fsp3) is 0.714. The number of H-pyrrole nitrogens is 1. The number of ketones is 1. The van der Waals surface area contributed by atoms with Crippen LogP contribution in [0.4, 0.5) is 0 Å². The van der Waals surface area contributed by atoms with Crippen molar-refractivity contribution in [2.24, 2.45) is 5.41 Å². The summed E-state index contributed by atoms with van der Waals surface area (Å²) in [7, 11) is 0. The third kappa shape index (κ3) is 2.77. The molecule has 1 aromatic heterocycles. The lowest BCUT2D eigenvalue weighted by atomic mass is 9.71. The number of aromatic amines is 1. The van der Waals surface area contributed by atoms with Crippen LogP contribution in [0.3, 0.4) is 0 Å². The van der Waals surface area contributed by atoms with Crippen LogP contribution in [0.5, 0.6) is 0 Å². The maximum Gasteiger partial charge on any atom is 0.219 e. The van der Waals surface area contributed by atoms with E-state index in [1.165, 1.54) is 6.92 Å². The maximum atomic E-state index is 11.7. The summed E-state index contributed by atoms with van der Waals surface area (Å²) >= 11 is 0. The molecule has 2 unspecified atom stereocenters. The van der Waals surface area contributed by atoms with Gasteiger partial charge in [-0.2, -0.15) is 0 Å². The Kier molecular flexibility index (Phi) is 3.75. The number of Topliss-reactive ketones (excluding diaryl/α,β-unsaturated/α-hetero) is 1. The van der Waals surface area contributed by atoms with Gasteiger partial charge < -0.3 is 19.9 Å². The SMILES string of the molecule is CC(C)(C)C(c1cnc[nH]1)C1C[C@@](C)(O)C(=O)[C@@H](O)O1. The van der Waals surface area contributed by atoms with Crippen LogP contribution in [0.25, 0.3) is 0 Å². The Morgan fingerprint density at radius 2 is 2.20 bits per heavy atom. The van der Waals surface area contributed by atoms with Crippen molar-refractivity contribution in [1.82, 2.24) is 9.97 Å². The van der Waals surface area contributed by atoms with Crippen molar-refractivity contribution in [3.8, 4) is 0 Å².